The van der Waals surface area contributed by atoms with Crippen molar-refractivity contribution in [2.75, 3.05) is 0 Å². The summed E-state index contributed by atoms with van der Waals surface area (Å²) in [7, 11) is 0. The van der Waals surface area contributed by atoms with E-state index in [9.17, 15) is 4.79 Å². The zero-order valence-electron chi connectivity index (χ0n) is 9.32. The van der Waals surface area contributed by atoms with Crippen LogP contribution in [0.15, 0.2) is 12.3 Å². The summed E-state index contributed by atoms with van der Waals surface area (Å²) in [6.07, 6.45) is 1.69. The fraction of sp³-hybridized carbons (Fsp3) is 0.636. The molecule has 0 aliphatic heterocycles. The van der Waals surface area contributed by atoms with E-state index in [1.165, 1.54) is 0 Å². The zero-order valence-corrected chi connectivity index (χ0v) is 9.32. The van der Waals surface area contributed by atoms with Crippen LogP contribution in [-0.2, 0) is 6.54 Å². The first kappa shape index (κ1) is 11.0. The normalized spacial score (nSPS) is 11.3. The molecule has 0 saturated heterocycles. The van der Waals surface area contributed by atoms with Gasteiger partial charge in [-0.1, -0.05) is 27.7 Å². The minimum absolute atomic E-state index is 0.0395. The SMILES string of the molecule is CC(C)Cn1nccc1C(=O)C(C)C. The van der Waals surface area contributed by atoms with E-state index >= 15 is 0 Å². The number of aromatic nitrogens is 2. The molecule has 0 fully saturated rings. The van der Waals surface area contributed by atoms with Crippen molar-refractivity contribution in [3.8, 4) is 0 Å². The number of ketones is 1. The highest BCUT2D eigenvalue weighted by atomic mass is 16.1. The molecular formula is C11H18N2O. The zero-order chi connectivity index (χ0) is 10.7. The van der Waals surface area contributed by atoms with Crippen molar-refractivity contribution in [2.24, 2.45) is 11.8 Å². The highest BCUT2D eigenvalue weighted by molar-refractivity contribution is 5.95. The number of nitrogens with zero attached hydrogens (tertiary/aromatic N) is 2. The van der Waals surface area contributed by atoms with Gasteiger partial charge in [0.1, 0.15) is 5.69 Å². The predicted molar refractivity (Wildman–Crippen MR) is 56.2 cm³/mol. The van der Waals surface area contributed by atoms with E-state index < -0.39 is 0 Å². The van der Waals surface area contributed by atoms with Gasteiger partial charge >= 0.3 is 0 Å². The first-order valence-corrected chi connectivity index (χ1v) is 5.08. The van der Waals surface area contributed by atoms with E-state index in [1.54, 1.807) is 16.9 Å². The van der Waals surface area contributed by atoms with Crippen LogP contribution in [0.3, 0.4) is 0 Å². The second-order valence-corrected chi connectivity index (χ2v) is 4.31. The summed E-state index contributed by atoms with van der Waals surface area (Å²) in [5.41, 5.74) is 0.730. The molecule has 0 N–H and O–H groups in total. The van der Waals surface area contributed by atoms with Gasteiger partial charge in [0.2, 0.25) is 0 Å². The molecule has 0 amide bonds. The van der Waals surface area contributed by atoms with Gasteiger partial charge in [-0.3, -0.25) is 9.48 Å². The second-order valence-electron chi connectivity index (χ2n) is 4.31. The predicted octanol–water partition coefficient (Wildman–Crippen LogP) is 2.38. The monoisotopic (exact) mass is 194 g/mol. The summed E-state index contributed by atoms with van der Waals surface area (Å²) in [6.45, 7) is 8.86. The molecule has 14 heavy (non-hydrogen) atoms. The van der Waals surface area contributed by atoms with E-state index in [-0.39, 0.29) is 11.7 Å². The Balaban J connectivity index is 2.87. The molecule has 0 atom stereocenters. The summed E-state index contributed by atoms with van der Waals surface area (Å²) in [4.78, 5) is 11.7. The summed E-state index contributed by atoms with van der Waals surface area (Å²) in [5.74, 6) is 0.717. The maximum atomic E-state index is 11.7. The van der Waals surface area contributed by atoms with Gasteiger partial charge in [0.05, 0.1) is 0 Å². The van der Waals surface area contributed by atoms with Crippen LogP contribution in [0.5, 0.6) is 0 Å². The van der Waals surface area contributed by atoms with E-state index in [1.807, 2.05) is 13.8 Å². The molecule has 3 heteroatoms. The molecule has 3 nitrogen and oxygen atoms in total. The van der Waals surface area contributed by atoms with E-state index in [4.69, 9.17) is 0 Å². The Morgan fingerprint density at radius 2 is 2.07 bits per heavy atom. The van der Waals surface area contributed by atoms with Crippen molar-refractivity contribution in [3.05, 3.63) is 18.0 Å². The Kier molecular flexibility index (Phi) is 3.44. The molecule has 0 unspecified atom stereocenters. The van der Waals surface area contributed by atoms with Crippen molar-refractivity contribution < 1.29 is 4.79 Å². The highest BCUT2D eigenvalue weighted by Gasteiger charge is 2.15. The van der Waals surface area contributed by atoms with Crippen molar-refractivity contribution in [1.82, 2.24) is 9.78 Å². The summed E-state index contributed by atoms with van der Waals surface area (Å²) in [6, 6.07) is 1.80. The van der Waals surface area contributed by atoms with Crippen molar-refractivity contribution >= 4 is 5.78 Å². The standard InChI is InChI=1S/C11H18N2O/c1-8(2)7-13-10(5-6-12-13)11(14)9(3)4/h5-6,8-9H,7H2,1-4H3. The van der Waals surface area contributed by atoms with Gasteiger partial charge in [0, 0.05) is 18.7 Å². The molecule has 0 radical (unpaired) electrons. The minimum Gasteiger partial charge on any atom is -0.292 e. The largest absolute Gasteiger partial charge is 0.292 e. The van der Waals surface area contributed by atoms with Gasteiger partial charge in [-0.05, 0) is 12.0 Å². The highest BCUT2D eigenvalue weighted by Crippen LogP contribution is 2.09. The molecule has 1 aromatic rings. The molecule has 0 aromatic carbocycles. The van der Waals surface area contributed by atoms with Crippen molar-refractivity contribution in [2.45, 2.75) is 34.2 Å². The number of rotatable bonds is 4. The number of carbonyl (C=O) groups excluding carboxylic acids is 1. The van der Waals surface area contributed by atoms with Crippen molar-refractivity contribution in [1.29, 1.82) is 0 Å². The molecule has 1 aromatic heterocycles. The fourth-order valence-electron chi connectivity index (χ4n) is 1.33. The minimum atomic E-state index is 0.0395. The van der Waals surface area contributed by atoms with Gasteiger partial charge < -0.3 is 0 Å². The third-order valence-corrected chi connectivity index (χ3v) is 2.03. The number of hydrogen-bond donors (Lipinski definition) is 0. The first-order chi connectivity index (χ1) is 6.52. The molecule has 0 saturated carbocycles. The quantitative estimate of drug-likeness (QED) is 0.690. The Bertz CT molecular complexity index is 313. The lowest BCUT2D eigenvalue weighted by Crippen LogP contribution is -2.17. The van der Waals surface area contributed by atoms with Gasteiger partial charge in [-0.25, -0.2) is 0 Å². The Morgan fingerprint density at radius 3 is 2.57 bits per heavy atom. The van der Waals surface area contributed by atoms with Crippen LogP contribution < -0.4 is 0 Å². The maximum Gasteiger partial charge on any atom is 0.183 e. The lowest BCUT2D eigenvalue weighted by atomic mass is 10.1. The molecule has 78 valence electrons. The molecular weight excluding hydrogens is 176 g/mol. The van der Waals surface area contributed by atoms with Crippen LogP contribution in [0.2, 0.25) is 0 Å². The number of hydrogen-bond acceptors (Lipinski definition) is 2. The summed E-state index contributed by atoms with van der Waals surface area (Å²) < 4.78 is 1.80. The van der Waals surface area contributed by atoms with Crippen LogP contribution in [0.25, 0.3) is 0 Å². The van der Waals surface area contributed by atoms with E-state index in [0.29, 0.717) is 5.92 Å². The second kappa shape index (κ2) is 4.40. The molecule has 0 aliphatic rings. The van der Waals surface area contributed by atoms with Gasteiger partial charge in [-0.15, -0.1) is 0 Å². The van der Waals surface area contributed by atoms with Crippen LogP contribution in [0, 0.1) is 11.8 Å². The van der Waals surface area contributed by atoms with Gasteiger partial charge in [0.15, 0.2) is 5.78 Å². The van der Waals surface area contributed by atoms with Crippen LogP contribution >= 0.6 is 0 Å². The van der Waals surface area contributed by atoms with Crippen LogP contribution in [-0.4, -0.2) is 15.6 Å². The fourth-order valence-corrected chi connectivity index (χ4v) is 1.33. The smallest absolute Gasteiger partial charge is 0.183 e. The van der Waals surface area contributed by atoms with Gasteiger partial charge in [0.25, 0.3) is 0 Å². The third kappa shape index (κ3) is 2.44. The lowest BCUT2D eigenvalue weighted by Gasteiger charge is -2.10. The first-order valence-electron chi connectivity index (χ1n) is 5.08. The van der Waals surface area contributed by atoms with E-state index in [0.717, 1.165) is 12.2 Å². The molecule has 0 aliphatic carbocycles. The number of Topliss-reactive ketones (excluding diaryl/α,β-unsaturated/α-hetero) is 1. The Morgan fingerprint density at radius 1 is 1.43 bits per heavy atom. The topological polar surface area (TPSA) is 34.9 Å². The van der Waals surface area contributed by atoms with Gasteiger partial charge in [-0.2, -0.15) is 5.10 Å². The van der Waals surface area contributed by atoms with Crippen molar-refractivity contribution in [3.63, 3.8) is 0 Å². The summed E-state index contributed by atoms with van der Waals surface area (Å²) in [5, 5.41) is 4.16. The molecule has 1 heterocycles. The van der Waals surface area contributed by atoms with E-state index in [2.05, 4.69) is 18.9 Å². The molecule has 0 spiro atoms. The average molecular weight is 194 g/mol. The summed E-state index contributed by atoms with van der Waals surface area (Å²) >= 11 is 0. The average Bonchev–Trinajstić information content (AvgIpc) is 2.49. The Labute approximate surface area is 85.1 Å². The van der Waals surface area contributed by atoms with Crippen LogP contribution in [0.1, 0.15) is 38.2 Å². The van der Waals surface area contributed by atoms with Crippen LogP contribution in [0.4, 0.5) is 0 Å². The molecule has 1 rings (SSSR count). The Hall–Kier alpha value is -1.12. The lowest BCUT2D eigenvalue weighted by molar-refractivity contribution is 0.0927. The number of carbonyl (C=O) groups is 1. The third-order valence-electron chi connectivity index (χ3n) is 2.03. The maximum absolute atomic E-state index is 11.7. The molecule has 0 bridgehead atoms.